The van der Waals surface area contributed by atoms with E-state index < -0.39 is 40.1 Å². The SMILES string of the molecule is COC(=O)c1cccc(NC(=O)CC(=O)N(C)C2CCS(=O)(=O)C2)c1. The van der Waals surface area contributed by atoms with Crippen molar-refractivity contribution < 1.29 is 27.5 Å². The number of benzene rings is 1. The summed E-state index contributed by atoms with van der Waals surface area (Å²) in [6.07, 6.45) is -0.0249. The molecule has 1 aliphatic rings. The molecule has 1 heterocycles. The van der Waals surface area contributed by atoms with Crippen LogP contribution in [0.1, 0.15) is 23.2 Å². The Morgan fingerprint density at radius 1 is 1.32 bits per heavy atom. The van der Waals surface area contributed by atoms with Crippen molar-refractivity contribution in [3.05, 3.63) is 29.8 Å². The van der Waals surface area contributed by atoms with Crippen molar-refractivity contribution >= 4 is 33.3 Å². The van der Waals surface area contributed by atoms with Crippen LogP contribution < -0.4 is 5.32 Å². The molecule has 0 aromatic heterocycles. The molecule has 0 saturated carbocycles. The lowest BCUT2D eigenvalue weighted by Crippen LogP contribution is -2.39. The summed E-state index contributed by atoms with van der Waals surface area (Å²) in [5, 5.41) is 2.54. The molecule has 1 aromatic carbocycles. The van der Waals surface area contributed by atoms with Crippen LogP contribution in [-0.2, 0) is 24.2 Å². The normalized spacial score (nSPS) is 18.4. The second kappa shape index (κ2) is 7.64. The van der Waals surface area contributed by atoms with E-state index in [0.717, 1.165) is 0 Å². The maximum atomic E-state index is 12.2. The van der Waals surface area contributed by atoms with Crippen LogP contribution in [0.15, 0.2) is 24.3 Å². The monoisotopic (exact) mass is 368 g/mol. The number of carbonyl (C=O) groups is 3. The number of hydrogen-bond acceptors (Lipinski definition) is 6. The largest absolute Gasteiger partial charge is 0.465 e. The van der Waals surface area contributed by atoms with E-state index in [1.165, 1.54) is 25.1 Å². The molecule has 1 fully saturated rings. The quantitative estimate of drug-likeness (QED) is 0.597. The third kappa shape index (κ3) is 5.02. The van der Waals surface area contributed by atoms with E-state index in [1.807, 2.05) is 0 Å². The Labute approximate surface area is 146 Å². The van der Waals surface area contributed by atoms with Gasteiger partial charge in [0.15, 0.2) is 9.84 Å². The molecule has 1 N–H and O–H groups in total. The van der Waals surface area contributed by atoms with Crippen LogP contribution in [0.3, 0.4) is 0 Å². The first kappa shape index (κ1) is 18.9. The molecule has 2 amide bonds. The number of carbonyl (C=O) groups excluding carboxylic acids is 3. The van der Waals surface area contributed by atoms with Gasteiger partial charge in [-0.3, -0.25) is 9.59 Å². The van der Waals surface area contributed by atoms with Gasteiger partial charge in [-0.1, -0.05) is 6.07 Å². The lowest BCUT2D eigenvalue weighted by Gasteiger charge is -2.23. The molecule has 2 rings (SSSR count). The lowest BCUT2D eigenvalue weighted by molar-refractivity contribution is -0.134. The molecule has 1 aliphatic heterocycles. The molecule has 25 heavy (non-hydrogen) atoms. The average Bonchev–Trinajstić information content (AvgIpc) is 2.93. The van der Waals surface area contributed by atoms with E-state index in [9.17, 15) is 22.8 Å². The van der Waals surface area contributed by atoms with Crippen molar-refractivity contribution in [2.75, 3.05) is 31.0 Å². The summed E-state index contributed by atoms with van der Waals surface area (Å²) in [6.45, 7) is 0. The summed E-state index contributed by atoms with van der Waals surface area (Å²) in [5.74, 6) is -1.54. The minimum atomic E-state index is -3.10. The highest BCUT2D eigenvalue weighted by atomic mass is 32.2. The minimum absolute atomic E-state index is 0.0573. The second-order valence-corrected chi connectivity index (χ2v) is 8.09. The highest BCUT2D eigenvalue weighted by Gasteiger charge is 2.33. The van der Waals surface area contributed by atoms with Gasteiger partial charge in [-0.25, -0.2) is 13.2 Å². The Morgan fingerprint density at radius 2 is 2.04 bits per heavy atom. The van der Waals surface area contributed by atoms with Crippen molar-refractivity contribution in [2.24, 2.45) is 0 Å². The number of methoxy groups -OCH3 is 1. The van der Waals surface area contributed by atoms with Gasteiger partial charge in [0.1, 0.15) is 6.42 Å². The topological polar surface area (TPSA) is 110 Å². The fourth-order valence-electron chi connectivity index (χ4n) is 2.59. The van der Waals surface area contributed by atoms with E-state index in [2.05, 4.69) is 10.1 Å². The number of amides is 2. The third-order valence-corrected chi connectivity index (χ3v) is 5.78. The Morgan fingerprint density at radius 3 is 2.64 bits per heavy atom. The molecule has 1 saturated heterocycles. The summed E-state index contributed by atoms with van der Waals surface area (Å²) in [7, 11) is -0.350. The van der Waals surface area contributed by atoms with Crippen molar-refractivity contribution in [3.8, 4) is 0 Å². The number of sulfone groups is 1. The molecule has 1 unspecified atom stereocenters. The zero-order chi connectivity index (χ0) is 18.6. The van der Waals surface area contributed by atoms with Crippen LogP contribution >= 0.6 is 0 Å². The minimum Gasteiger partial charge on any atom is -0.465 e. The van der Waals surface area contributed by atoms with Crippen LogP contribution in [0.25, 0.3) is 0 Å². The molecular formula is C16H20N2O6S. The molecule has 0 radical (unpaired) electrons. The Balaban J connectivity index is 1.93. The van der Waals surface area contributed by atoms with Gasteiger partial charge in [-0.2, -0.15) is 0 Å². The van der Waals surface area contributed by atoms with Gasteiger partial charge in [-0.15, -0.1) is 0 Å². The summed E-state index contributed by atoms with van der Waals surface area (Å²) in [4.78, 5) is 37.0. The summed E-state index contributed by atoms with van der Waals surface area (Å²) in [5.41, 5.74) is 0.645. The van der Waals surface area contributed by atoms with Crippen LogP contribution in [0.4, 0.5) is 5.69 Å². The van der Waals surface area contributed by atoms with E-state index in [4.69, 9.17) is 0 Å². The number of nitrogens with zero attached hydrogens (tertiary/aromatic N) is 1. The van der Waals surface area contributed by atoms with Crippen LogP contribution in [-0.4, -0.2) is 62.8 Å². The Bertz CT molecular complexity index is 790. The van der Waals surface area contributed by atoms with Gasteiger partial charge in [-0.05, 0) is 24.6 Å². The molecule has 0 bridgehead atoms. The number of anilines is 1. The first-order chi connectivity index (χ1) is 11.7. The first-order valence-electron chi connectivity index (χ1n) is 7.66. The fraction of sp³-hybridized carbons (Fsp3) is 0.438. The van der Waals surface area contributed by atoms with Crippen molar-refractivity contribution in [3.63, 3.8) is 0 Å². The average molecular weight is 368 g/mol. The standard InChI is InChI=1S/C16H20N2O6S/c1-18(13-6-7-25(22,23)10-13)15(20)9-14(19)17-12-5-3-4-11(8-12)16(21)24-2/h3-5,8,13H,6-7,9-10H2,1-2H3,(H,17,19). The van der Waals surface area contributed by atoms with Gasteiger partial charge in [0.05, 0.1) is 24.2 Å². The van der Waals surface area contributed by atoms with Gasteiger partial charge in [0, 0.05) is 18.8 Å². The molecule has 1 atom stereocenters. The highest BCUT2D eigenvalue weighted by Crippen LogP contribution is 2.17. The lowest BCUT2D eigenvalue weighted by atomic mass is 10.2. The van der Waals surface area contributed by atoms with Crippen molar-refractivity contribution in [2.45, 2.75) is 18.9 Å². The molecule has 136 valence electrons. The smallest absolute Gasteiger partial charge is 0.337 e. The second-order valence-electron chi connectivity index (χ2n) is 5.86. The zero-order valence-corrected chi connectivity index (χ0v) is 14.8. The molecule has 0 spiro atoms. The summed E-state index contributed by atoms with van der Waals surface area (Å²) in [6, 6.07) is 5.76. The number of hydrogen-bond donors (Lipinski definition) is 1. The number of rotatable bonds is 5. The van der Waals surface area contributed by atoms with Gasteiger partial charge < -0.3 is 15.0 Å². The van der Waals surface area contributed by atoms with E-state index in [0.29, 0.717) is 12.1 Å². The Hall–Kier alpha value is -2.42. The predicted octanol–water partition coefficient (Wildman–Crippen LogP) is 0.447. The van der Waals surface area contributed by atoms with E-state index in [-0.39, 0.29) is 17.1 Å². The van der Waals surface area contributed by atoms with Crippen LogP contribution in [0.2, 0.25) is 0 Å². The zero-order valence-electron chi connectivity index (χ0n) is 14.0. The highest BCUT2D eigenvalue weighted by molar-refractivity contribution is 7.91. The molecular weight excluding hydrogens is 348 g/mol. The van der Waals surface area contributed by atoms with E-state index in [1.54, 1.807) is 18.2 Å². The Kier molecular flexibility index (Phi) is 5.78. The summed E-state index contributed by atoms with van der Waals surface area (Å²) >= 11 is 0. The number of esters is 1. The number of ether oxygens (including phenoxy) is 1. The van der Waals surface area contributed by atoms with E-state index >= 15 is 0 Å². The number of nitrogens with one attached hydrogen (secondary N) is 1. The maximum absolute atomic E-state index is 12.2. The van der Waals surface area contributed by atoms with Gasteiger partial charge >= 0.3 is 5.97 Å². The molecule has 9 heteroatoms. The molecule has 8 nitrogen and oxygen atoms in total. The molecule has 0 aliphatic carbocycles. The fourth-order valence-corrected chi connectivity index (χ4v) is 4.37. The van der Waals surface area contributed by atoms with Crippen LogP contribution in [0, 0.1) is 0 Å². The molecule has 1 aromatic rings. The van der Waals surface area contributed by atoms with Crippen molar-refractivity contribution in [1.82, 2.24) is 4.90 Å². The third-order valence-electron chi connectivity index (χ3n) is 4.03. The van der Waals surface area contributed by atoms with Gasteiger partial charge in [0.25, 0.3) is 0 Å². The van der Waals surface area contributed by atoms with Crippen LogP contribution in [0.5, 0.6) is 0 Å². The predicted molar refractivity (Wildman–Crippen MR) is 90.9 cm³/mol. The first-order valence-corrected chi connectivity index (χ1v) is 9.48. The van der Waals surface area contributed by atoms with Crippen molar-refractivity contribution in [1.29, 1.82) is 0 Å². The maximum Gasteiger partial charge on any atom is 0.337 e. The van der Waals surface area contributed by atoms with Gasteiger partial charge in [0.2, 0.25) is 11.8 Å². The summed E-state index contributed by atoms with van der Waals surface area (Å²) < 4.78 is 27.6.